The van der Waals surface area contributed by atoms with Crippen LogP contribution < -0.4 is 0 Å². The SMILES string of the molecule is Cc1[nH]c(C(=O)c2ccc(C(C)C)cc2)c(C)c1C. The zero-order valence-corrected chi connectivity index (χ0v) is 12.3. The number of hydrogen-bond acceptors (Lipinski definition) is 1. The highest BCUT2D eigenvalue weighted by molar-refractivity contribution is 6.09. The molecule has 100 valence electrons. The van der Waals surface area contributed by atoms with Gasteiger partial charge in [0.15, 0.2) is 0 Å². The Kier molecular flexibility index (Phi) is 3.61. The molecule has 0 aliphatic carbocycles. The van der Waals surface area contributed by atoms with E-state index < -0.39 is 0 Å². The van der Waals surface area contributed by atoms with E-state index in [1.165, 1.54) is 11.1 Å². The topological polar surface area (TPSA) is 32.9 Å². The molecular weight excluding hydrogens is 234 g/mol. The van der Waals surface area contributed by atoms with Gasteiger partial charge in [0.05, 0.1) is 5.69 Å². The number of aryl methyl sites for hydroxylation is 1. The highest BCUT2D eigenvalue weighted by Crippen LogP contribution is 2.21. The van der Waals surface area contributed by atoms with E-state index in [1.54, 1.807) is 0 Å². The lowest BCUT2D eigenvalue weighted by atomic mass is 9.98. The van der Waals surface area contributed by atoms with Gasteiger partial charge in [-0.25, -0.2) is 0 Å². The van der Waals surface area contributed by atoms with Crippen LogP contribution in [-0.2, 0) is 0 Å². The molecule has 19 heavy (non-hydrogen) atoms. The Labute approximate surface area is 114 Å². The molecule has 0 radical (unpaired) electrons. The second-order valence-electron chi connectivity index (χ2n) is 5.48. The molecule has 0 aliphatic rings. The fourth-order valence-corrected chi connectivity index (χ4v) is 2.23. The normalized spacial score (nSPS) is 11.1. The van der Waals surface area contributed by atoms with Crippen molar-refractivity contribution in [1.29, 1.82) is 0 Å². The molecule has 0 atom stereocenters. The largest absolute Gasteiger partial charge is 0.356 e. The molecule has 2 nitrogen and oxygen atoms in total. The minimum atomic E-state index is 0.0732. The van der Waals surface area contributed by atoms with Crippen molar-refractivity contribution in [3.8, 4) is 0 Å². The molecule has 0 bridgehead atoms. The van der Waals surface area contributed by atoms with Crippen LogP contribution in [0.4, 0.5) is 0 Å². The van der Waals surface area contributed by atoms with Gasteiger partial charge in [-0.3, -0.25) is 4.79 Å². The maximum absolute atomic E-state index is 12.5. The van der Waals surface area contributed by atoms with Gasteiger partial charge < -0.3 is 4.98 Å². The molecule has 1 aromatic heterocycles. The number of ketones is 1. The van der Waals surface area contributed by atoms with E-state index in [1.807, 2.05) is 45.0 Å². The molecule has 0 fully saturated rings. The zero-order chi connectivity index (χ0) is 14.2. The van der Waals surface area contributed by atoms with Gasteiger partial charge in [0, 0.05) is 11.3 Å². The minimum absolute atomic E-state index is 0.0732. The van der Waals surface area contributed by atoms with Crippen LogP contribution >= 0.6 is 0 Å². The van der Waals surface area contributed by atoms with Gasteiger partial charge in [-0.2, -0.15) is 0 Å². The van der Waals surface area contributed by atoms with Crippen LogP contribution in [-0.4, -0.2) is 10.8 Å². The molecule has 0 spiro atoms. The molecule has 2 heteroatoms. The van der Waals surface area contributed by atoms with Gasteiger partial charge in [-0.05, 0) is 43.4 Å². The highest BCUT2D eigenvalue weighted by atomic mass is 16.1. The molecule has 0 saturated carbocycles. The first kappa shape index (κ1) is 13.6. The Morgan fingerprint density at radius 1 is 1.00 bits per heavy atom. The van der Waals surface area contributed by atoms with Crippen LogP contribution in [0.5, 0.6) is 0 Å². The monoisotopic (exact) mass is 255 g/mol. The molecule has 1 heterocycles. The quantitative estimate of drug-likeness (QED) is 0.815. The Morgan fingerprint density at radius 2 is 1.58 bits per heavy atom. The Morgan fingerprint density at radius 3 is 2.00 bits per heavy atom. The van der Waals surface area contributed by atoms with Crippen LogP contribution in [0.3, 0.4) is 0 Å². The van der Waals surface area contributed by atoms with Crippen molar-refractivity contribution in [2.24, 2.45) is 0 Å². The molecule has 2 rings (SSSR count). The fourth-order valence-electron chi connectivity index (χ4n) is 2.23. The molecule has 0 unspecified atom stereocenters. The van der Waals surface area contributed by atoms with Crippen molar-refractivity contribution in [1.82, 2.24) is 4.98 Å². The fraction of sp³-hybridized carbons (Fsp3) is 0.353. The number of nitrogens with one attached hydrogen (secondary N) is 1. The van der Waals surface area contributed by atoms with E-state index in [2.05, 4.69) is 18.8 Å². The van der Waals surface area contributed by atoms with E-state index >= 15 is 0 Å². The number of carbonyl (C=O) groups excluding carboxylic acids is 1. The van der Waals surface area contributed by atoms with Crippen LogP contribution in [0.2, 0.25) is 0 Å². The van der Waals surface area contributed by atoms with Gasteiger partial charge in [0.2, 0.25) is 5.78 Å². The summed E-state index contributed by atoms with van der Waals surface area (Å²) in [6.45, 7) is 10.3. The molecule has 2 aromatic rings. The average molecular weight is 255 g/mol. The number of hydrogen-bond donors (Lipinski definition) is 1. The summed E-state index contributed by atoms with van der Waals surface area (Å²) in [6.07, 6.45) is 0. The predicted molar refractivity (Wildman–Crippen MR) is 79.0 cm³/mol. The summed E-state index contributed by atoms with van der Waals surface area (Å²) in [5, 5.41) is 0. The van der Waals surface area contributed by atoms with Crippen molar-refractivity contribution >= 4 is 5.78 Å². The first-order chi connectivity index (χ1) is 8.91. The minimum Gasteiger partial charge on any atom is -0.356 e. The van der Waals surface area contributed by atoms with Gasteiger partial charge >= 0.3 is 0 Å². The third-order valence-corrected chi connectivity index (χ3v) is 3.88. The second kappa shape index (κ2) is 5.04. The molecule has 0 amide bonds. The predicted octanol–water partition coefficient (Wildman–Crippen LogP) is 4.29. The molecule has 1 aromatic carbocycles. The van der Waals surface area contributed by atoms with Crippen LogP contribution in [0.25, 0.3) is 0 Å². The average Bonchev–Trinajstić information content (AvgIpc) is 2.66. The van der Waals surface area contributed by atoms with Crippen molar-refractivity contribution < 1.29 is 4.79 Å². The Balaban J connectivity index is 2.36. The second-order valence-corrected chi connectivity index (χ2v) is 5.48. The Bertz CT molecular complexity index is 603. The van der Waals surface area contributed by atoms with E-state index in [4.69, 9.17) is 0 Å². The molecule has 1 N–H and O–H groups in total. The number of aromatic nitrogens is 1. The summed E-state index contributed by atoms with van der Waals surface area (Å²) >= 11 is 0. The summed E-state index contributed by atoms with van der Waals surface area (Å²) in [6, 6.07) is 7.91. The number of aromatic amines is 1. The van der Waals surface area contributed by atoms with E-state index in [-0.39, 0.29) is 5.78 Å². The lowest BCUT2D eigenvalue weighted by molar-refractivity contribution is 0.103. The first-order valence-corrected chi connectivity index (χ1v) is 6.72. The third kappa shape index (κ3) is 2.48. The summed E-state index contributed by atoms with van der Waals surface area (Å²) in [5.41, 5.74) is 6.01. The van der Waals surface area contributed by atoms with Crippen LogP contribution in [0.15, 0.2) is 24.3 Å². The lowest BCUT2D eigenvalue weighted by Crippen LogP contribution is -2.04. The lowest BCUT2D eigenvalue weighted by Gasteiger charge is -2.06. The highest BCUT2D eigenvalue weighted by Gasteiger charge is 2.16. The molecule has 0 saturated heterocycles. The number of carbonyl (C=O) groups is 1. The standard InChI is InChI=1S/C17H21NO/c1-10(2)14-6-8-15(9-7-14)17(19)16-12(4)11(3)13(5)18-16/h6-10,18H,1-5H3. The van der Waals surface area contributed by atoms with E-state index in [9.17, 15) is 4.79 Å². The molecule has 0 aliphatic heterocycles. The summed E-state index contributed by atoms with van der Waals surface area (Å²) in [7, 11) is 0. The van der Waals surface area contributed by atoms with Gasteiger partial charge in [-0.1, -0.05) is 38.1 Å². The summed E-state index contributed by atoms with van der Waals surface area (Å²) in [5.74, 6) is 0.560. The summed E-state index contributed by atoms with van der Waals surface area (Å²) < 4.78 is 0. The van der Waals surface area contributed by atoms with Crippen LogP contribution in [0, 0.1) is 20.8 Å². The zero-order valence-electron chi connectivity index (χ0n) is 12.3. The van der Waals surface area contributed by atoms with E-state index in [0.29, 0.717) is 11.6 Å². The molecular formula is C17H21NO. The van der Waals surface area contributed by atoms with Crippen LogP contribution in [0.1, 0.15) is 58.2 Å². The maximum atomic E-state index is 12.5. The van der Waals surface area contributed by atoms with E-state index in [0.717, 1.165) is 16.8 Å². The number of H-pyrrole nitrogens is 1. The van der Waals surface area contributed by atoms with Gasteiger partial charge in [-0.15, -0.1) is 0 Å². The van der Waals surface area contributed by atoms with Crippen molar-refractivity contribution in [2.45, 2.75) is 40.5 Å². The van der Waals surface area contributed by atoms with Crippen molar-refractivity contribution in [2.75, 3.05) is 0 Å². The first-order valence-electron chi connectivity index (χ1n) is 6.72. The number of rotatable bonds is 3. The third-order valence-electron chi connectivity index (χ3n) is 3.88. The smallest absolute Gasteiger partial charge is 0.209 e. The summed E-state index contributed by atoms with van der Waals surface area (Å²) in [4.78, 5) is 15.7. The van der Waals surface area contributed by atoms with Crippen molar-refractivity contribution in [3.63, 3.8) is 0 Å². The van der Waals surface area contributed by atoms with Gasteiger partial charge in [0.1, 0.15) is 0 Å². The number of benzene rings is 1. The maximum Gasteiger partial charge on any atom is 0.209 e. The van der Waals surface area contributed by atoms with Crippen molar-refractivity contribution in [3.05, 3.63) is 57.9 Å². The Hall–Kier alpha value is -1.83. The van der Waals surface area contributed by atoms with Gasteiger partial charge in [0.25, 0.3) is 0 Å².